The van der Waals surface area contributed by atoms with Gasteiger partial charge in [-0.15, -0.1) is 11.6 Å². The van der Waals surface area contributed by atoms with Gasteiger partial charge in [0.1, 0.15) is 5.75 Å². The van der Waals surface area contributed by atoms with Gasteiger partial charge >= 0.3 is 17.3 Å². The number of nitrogens with zero attached hydrogens (tertiary/aromatic N) is 3. The standard InChI is InChI=1S/C25H31ClN4O5/c1-16(2)13-18-5-6-19(14-20(18)35-4)27-22-28-23(33)29(12-9-21(31)32)24(34)30(22)15-17-7-10-25(3,26)11-8-17/h5-8,10,14,16H,9,11-13,15H2,1-4H3,(H,31,32)(H,27,28,33). The van der Waals surface area contributed by atoms with Crippen molar-refractivity contribution in [2.45, 2.75) is 58.0 Å². The minimum absolute atomic E-state index is 0.0544. The highest BCUT2D eigenvalue weighted by molar-refractivity contribution is 6.25. The molecule has 9 nitrogen and oxygen atoms in total. The summed E-state index contributed by atoms with van der Waals surface area (Å²) >= 11 is 6.36. The number of carboxylic acid groups (broad SMARTS) is 1. The van der Waals surface area contributed by atoms with E-state index in [4.69, 9.17) is 21.4 Å². The number of carboxylic acids is 1. The third-order valence-corrected chi connectivity index (χ3v) is 5.90. The van der Waals surface area contributed by atoms with E-state index in [1.807, 2.05) is 37.3 Å². The number of alkyl halides is 1. The lowest BCUT2D eigenvalue weighted by Gasteiger charge is -2.22. The number of carbonyl (C=O) groups is 1. The molecule has 35 heavy (non-hydrogen) atoms. The molecule has 0 amide bonds. The van der Waals surface area contributed by atoms with E-state index in [0.29, 0.717) is 23.8 Å². The Hall–Kier alpha value is -3.33. The number of rotatable bonds is 10. The molecule has 1 heterocycles. The quantitative estimate of drug-likeness (QED) is 0.476. The molecule has 1 atom stereocenters. The van der Waals surface area contributed by atoms with E-state index in [-0.39, 0.29) is 25.5 Å². The molecule has 0 radical (unpaired) electrons. The van der Waals surface area contributed by atoms with Crippen LogP contribution in [0.5, 0.6) is 5.75 Å². The van der Waals surface area contributed by atoms with Gasteiger partial charge in [-0.2, -0.15) is 4.98 Å². The van der Waals surface area contributed by atoms with Crippen LogP contribution < -0.4 is 21.4 Å². The first-order valence-corrected chi connectivity index (χ1v) is 11.8. The molecular weight excluding hydrogens is 472 g/mol. The van der Waals surface area contributed by atoms with Crippen molar-refractivity contribution in [3.63, 3.8) is 0 Å². The fraction of sp³-hybridized carbons (Fsp3) is 0.440. The van der Waals surface area contributed by atoms with Crippen molar-refractivity contribution in [2.75, 3.05) is 12.4 Å². The van der Waals surface area contributed by atoms with Crippen molar-refractivity contribution in [3.05, 3.63) is 68.5 Å². The third-order valence-electron chi connectivity index (χ3n) is 5.62. The zero-order valence-corrected chi connectivity index (χ0v) is 21.1. The second-order valence-electron chi connectivity index (χ2n) is 9.23. The average molecular weight is 503 g/mol. The van der Waals surface area contributed by atoms with Crippen molar-refractivity contribution in [1.29, 1.82) is 0 Å². The van der Waals surface area contributed by atoms with E-state index in [9.17, 15) is 14.4 Å². The van der Waals surface area contributed by atoms with Crippen LogP contribution in [0.1, 0.15) is 39.2 Å². The summed E-state index contributed by atoms with van der Waals surface area (Å²) in [5.74, 6) is 0.0723. The van der Waals surface area contributed by atoms with E-state index in [2.05, 4.69) is 24.1 Å². The van der Waals surface area contributed by atoms with Crippen LogP contribution in [-0.2, 0) is 24.3 Å². The van der Waals surface area contributed by atoms with Gasteiger partial charge in [-0.05, 0) is 42.9 Å². The molecule has 10 heteroatoms. The Kier molecular flexibility index (Phi) is 8.22. The van der Waals surface area contributed by atoms with Crippen molar-refractivity contribution >= 4 is 29.2 Å². The van der Waals surface area contributed by atoms with Crippen LogP contribution in [-0.4, -0.2) is 37.2 Å². The van der Waals surface area contributed by atoms with Crippen molar-refractivity contribution in [2.24, 2.45) is 5.92 Å². The minimum atomic E-state index is -1.11. The molecule has 0 bridgehead atoms. The molecule has 0 saturated heterocycles. The van der Waals surface area contributed by atoms with Gasteiger partial charge < -0.3 is 15.2 Å². The Bertz CT molecular complexity index is 1270. The molecule has 188 valence electrons. The SMILES string of the molecule is COc1cc(Nc2nc(=O)n(CCC(=O)O)c(=O)n2CC2=CCC(C)(Cl)C=C2)ccc1CC(C)C. The molecule has 2 N–H and O–H groups in total. The van der Waals surface area contributed by atoms with Crippen LogP contribution in [0.3, 0.4) is 0 Å². The summed E-state index contributed by atoms with van der Waals surface area (Å²) in [6.07, 6.45) is 6.67. The van der Waals surface area contributed by atoms with E-state index in [0.717, 1.165) is 22.1 Å². The van der Waals surface area contributed by atoms with Crippen LogP contribution in [0.25, 0.3) is 0 Å². The fourth-order valence-corrected chi connectivity index (χ4v) is 3.91. The molecule has 0 aliphatic heterocycles. The lowest BCUT2D eigenvalue weighted by molar-refractivity contribution is -0.137. The number of hydrogen-bond donors (Lipinski definition) is 2. The molecule has 1 unspecified atom stereocenters. The number of aliphatic carboxylic acids is 1. The maximum absolute atomic E-state index is 13.3. The largest absolute Gasteiger partial charge is 0.496 e. The summed E-state index contributed by atoms with van der Waals surface area (Å²) in [5.41, 5.74) is 0.997. The Morgan fingerprint density at radius 1 is 1.31 bits per heavy atom. The molecule has 0 saturated carbocycles. The molecule has 3 rings (SSSR count). The summed E-state index contributed by atoms with van der Waals surface area (Å²) in [6, 6.07) is 5.57. The first kappa shape index (κ1) is 26.3. The number of hydrogen-bond acceptors (Lipinski definition) is 6. The number of nitrogens with one attached hydrogen (secondary N) is 1. The first-order valence-electron chi connectivity index (χ1n) is 11.4. The highest BCUT2D eigenvalue weighted by atomic mass is 35.5. The van der Waals surface area contributed by atoms with Gasteiger partial charge in [-0.1, -0.05) is 38.1 Å². The fourth-order valence-electron chi connectivity index (χ4n) is 3.77. The molecular formula is C25H31ClN4O5. The first-order chi connectivity index (χ1) is 16.5. The summed E-state index contributed by atoms with van der Waals surface area (Å²) in [6.45, 7) is 5.99. The Labute approximate surface area is 208 Å². The van der Waals surface area contributed by atoms with Gasteiger partial charge in [0.2, 0.25) is 5.95 Å². The highest BCUT2D eigenvalue weighted by Gasteiger charge is 2.21. The predicted octanol–water partition coefficient (Wildman–Crippen LogP) is 3.71. The van der Waals surface area contributed by atoms with Gasteiger partial charge in [0.25, 0.3) is 0 Å². The van der Waals surface area contributed by atoms with Crippen LogP contribution in [0.2, 0.25) is 0 Å². The van der Waals surface area contributed by atoms with E-state index >= 15 is 0 Å². The predicted molar refractivity (Wildman–Crippen MR) is 136 cm³/mol. The Morgan fingerprint density at radius 2 is 2.06 bits per heavy atom. The molecule has 0 fully saturated rings. The Balaban J connectivity index is 2.02. The molecule has 1 aromatic carbocycles. The van der Waals surface area contributed by atoms with Crippen molar-refractivity contribution in [3.8, 4) is 5.75 Å². The highest BCUT2D eigenvalue weighted by Crippen LogP contribution is 2.29. The zero-order chi connectivity index (χ0) is 25.8. The topological polar surface area (TPSA) is 115 Å². The second kappa shape index (κ2) is 10.9. The van der Waals surface area contributed by atoms with E-state index in [1.54, 1.807) is 13.2 Å². The van der Waals surface area contributed by atoms with Gasteiger partial charge in [0, 0.05) is 18.3 Å². The lowest BCUT2D eigenvalue weighted by atomic mass is 9.97. The number of allylic oxidation sites excluding steroid dienone is 4. The number of methoxy groups -OCH3 is 1. The second-order valence-corrected chi connectivity index (χ2v) is 10.1. The normalized spacial score (nSPS) is 17.4. The van der Waals surface area contributed by atoms with Gasteiger partial charge in [-0.25, -0.2) is 14.2 Å². The molecule has 1 aromatic heterocycles. The molecule has 2 aromatic rings. The number of benzene rings is 1. The summed E-state index contributed by atoms with van der Waals surface area (Å²) in [4.78, 5) is 40.5. The summed E-state index contributed by atoms with van der Waals surface area (Å²) in [7, 11) is 1.59. The van der Waals surface area contributed by atoms with Gasteiger partial charge in [0.15, 0.2) is 0 Å². The maximum atomic E-state index is 13.3. The van der Waals surface area contributed by atoms with Crippen molar-refractivity contribution < 1.29 is 14.6 Å². The van der Waals surface area contributed by atoms with Crippen LogP contribution in [0, 0.1) is 5.92 Å². The summed E-state index contributed by atoms with van der Waals surface area (Å²) in [5, 5.41) is 12.1. The lowest BCUT2D eigenvalue weighted by Crippen LogP contribution is -2.43. The molecule has 0 spiro atoms. The monoisotopic (exact) mass is 502 g/mol. The number of anilines is 2. The van der Waals surface area contributed by atoms with Crippen LogP contribution in [0.15, 0.2) is 51.6 Å². The van der Waals surface area contributed by atoms with Crippen molar-refractivity contribution in [1.82, 2.24) is 14.1 Å². The zero-order valence-electron chi connectivity index (χ0n) is 20.4. The van der Waals surface area contributed by atoms with E-state index in [1.165, 1.54) is 4.57 Å². The minimum Gasteiger partial charge on any atom is -0.496 e. The smallest absolute Gasteiger partial charge is 0.354 e. The van der Waals surface area contributed by atoms with E-state index < -0.39 is 22.2 Å². The van der Waals surface area contributed by atoms with Crippen LogP contribution >= 0.6 is 11.6 Å². The van der Waals surface area contributed by atoms with Crippen LogP contribution in [0.4, 0.5) is 11.6 Å². The number of ether oxygens (including phenoxy) is 1. The molecule has 1 aliphatic carbocycles. The maximum Gasteiger partial charge on any atom is 0.354 e. The molecule has 1 aliphatic rings. The van der Waals surface area contributed by atoms with Gasteiger partial charge in [0.05, 0.1) is 24.9 Å². The van der Waals surface area contributed by atoms with Gasteiger partial charge in [-0.3, -0.25) is 9.36 Å². The number of aromatic nitrogens is 3. The third kappa shape index (κ3) is 6.85. The Morgan fingerprint density at radius 3 is 2.66 bits per heavy atom. The average Bonchev–Trinajstić information content (AvgIpc) is 2.77. The summed E-state index contributed by atoms with van der Waals surface area (Å²) < 4.78 is 7.70. The number of halogens is 1.